The highest BCUT2D eigenvalue weighted by Crippen LogP contribution is 2.19. The van der Waals surface area contributed by atoms with Crippen molar-refractivity contribution in [1.29, 1.82) is 0 Å². The fourth-order valence-corrected chi connectivity index (χ4v) is 2.48. The quantitative estimate of drug-likeness (QED) is 0.365. The van der Waals surface area contributed by atoms with Crippen LogP contribution < -0.4 is 10.6 Å². The molecule has 0 heterocycles. The summed E-state index contributed by atoms with van der Waals surface area (Å²) in [6, 6.07) is 6.76. The molecule has 0 aliphatic rings. The lowest BCUT2D eigenvalue weighted by atomic mass is 10.1. The van der Waals surface area contributed by atoms with Crippen LogP contribution >= 0.6 is 0 Å². The molecule has 1 aromatic carbocycles. The number of aliphatic imine (C=N–C) groups is 1. The Morgan fingerprint density at radius 1 is 1.24 bits per heavy atom. The van der Waals surface area contributed by atoms with Gasteiger partial charge in [-0.2, -0.15) is 0 Å². The van der Waals surface area contributed by atoms with E-state index in [1.54, 1.807) is 12.1 Å². The van der Waals surface area contributed by atoms with Crippen molar-refractivity contribution < 1.29 is 9.13 Å². The summed E-state index contributed by atoms with van der Waals surface area (Å²) in [4.78, 5) is 6.73. The van der Waals surface area contributed by atoms with Crippen LogP contribution in [0.15, 0.2) is 29.3 Å². The highest BCUT2D eigenvalue weighted by atomic mass is 19.1. The minimum Gasteiger partial charge on any atom is -0.382 e. The summed E-state index contributed by atoms with van der Waals surface area (Å²) in [5, 5.41) is 6.60. The Hall–Kier alpha value is -1.66. The van der Waals surface area contributed by atoms with Crippen molar-refractivity contribution in [2.24, 2.45) is 4.99 Å². The second kappa shape index (κ2) is 12.7. The summed E-state index contributed by atoms with van der Waals surface area (Å²) in [5.41, 5.74) is 0.932. The van der Waals surface area contributed by atoms with Gasteiger partial charge >= 0.3 is 0 Å². The molecule has 6 heteroatoms. The zero-order valence-electron chi connectivity index (χ0n) is 16.0. The summed E-state index contributed by atoms with van der Waals surface area (Å²) in [5.74, 6) is 0.579. The van der Waals surface area contributed by atoms with E-state index in [1.165, 1.54) is 6.07 Å². The Bertz CT molecular complexity index is 508. The number of unbranched alkanes of at least 4 members (excludes halogenated alkanes) is 1. The number of nitrogens with zero attached hydrogens (tertiary/aromatic N) is 2. The molecule has 5 nitrogen and oxygen atoms in total. The van der Waals surface area contributed by atoms with Crippen molar-refractivity contribution in [1.82, 2.24) is 15.5 Å². The van der Waals surface area contributed by atoms with Crippen LogP contribution in [0.4, 0.5) is 4.39 Å². The zero-order valence-corrected chi connectivity index (χ0v) is 16.0. The van der Waals surface area contributed by atoms with Crippen LogP contribution in [0.2, 0.25) is 0 Å². The summed E-state index contributed by atoms with van der Waals surface area (Å²) in [7, 11) is 3.97. The minimum absolute atomic E-state index is 0.0316. The van der Waals surface area contributed by atoms with Crippen molar-refractivity contribution in [2.45, 2.75) is 32.7 Å². The Morgan fingerprint density at radius 2 is 2.04 bits per heavy atom. The van der Waals surface area contributed by atoms with E-state index >= 15 is 0 Å². The number of nitrogens with one attached hydrogen (secondary N) is 2. The Kier molecular flexibility index (Phi) is 10.8. The number of hydrogen-bond donors (Lipinski definition) is 2. The van der Waals surface area contributed by atoms with Crippen molar-refractivity contribution in [2.75, 3.05) is 46.9 Å². The van der Waals surface area contributed by atoms with Gasteiger partial charge in [0.15, 0.2) is 5.96 Å². The van der Waals surface area contributed by atoms with E-state index in [0.29, 0.717) is 6.54 Å². The van der Waals surface area contributed by atoms with Crippen LogP contribution in [0.25, 0.3) is 0 Å². The molecule has 0 amide bonds. The Morgan fingerprint density at radius 3 is 2.68 bits per heavy atom. The first kappa shape index (κ1) is 21.4. The molecule has 1 unspecified atom stereocenters. The number of halogens is 1. The zero-order chi connectivity index (χ0) is 18.5. The summed E-state index contributed by atoms with van der Waals surface area (Å²) in [6.07, 6.45) is 2.06. The lowest BCUT2D eigenvalue weighted by molar-refractivity contribution is 0.143. The summed E-state index contributed by atoms with van der Waals surface area (Å²) < 4.78 is 18.9. The molecule has 0 spiro atoms. The van der Waals surface area contributed by atoms with Crippen LogP contribution in [0.3, 0.4) is 0 Å². The van der Waals surface area contributed by atoms with Crippen LogP contribution in [0.1, 0.15) is 38.3 Å². The lowest BCUT2D eigenvalue weighted by Crippen LogP contribution is -2.38. The van der Waals surface area contributed by atoms with Gasteiger partial charge in [0.05, 0.1) is 12.6 Å². The number of hydrogen-bond acceptors (Lipinski definition) is 3. The molecule has 25 heavy (non-hydrogen) atoms. The standard InChI is InChI=1S/C19H33FN4O/c1-5-21-19(22-12-7-8-13-25-6-2)23-15-18(24(3)4)16-10-9-11-17(20)14-16/h9-11,14,18H,5-8,12-13,15H2,1-4H3,(H2,21,22,23). The van der Waals surface area contributed by atoms with Crippen LogP contribution in [0, 0.1) is 5.82 Å². The van der Waals surface area contributed by atoms with Gasteiger partial charge in [-0.15, -0.1) is 0 Å². The summed E-state index contributed by atoms with van der Waals surface area (Å²) in [6.45, 7) is 7.83. The molecule has 0 aromatic heterocycles. The third kappa shape index (κ3) is 8.84. The molecular weight excluding hydrogens is 319 g/mol. The van der Waals surface area contributed by atoms with E-state index < -0.39 is 0 Å². The molecule has 1 rings (SSSR count). The molecule has 142 valence electrons. The van der Waals surface area contributed by atoms with E-state index in [-0.39, 0.29) is 11.9 Å². The molecular formula is C19H33FN4O. The summed E-state index contributed by atoms with van der Waals surface area (Å²) >= 11 is 0. The van der Waals surface area contributed by atoms with Crippen LogP contribution in [0.5, 0.6) is 0 Å². The van der Waals surface area contributed by atoms with Crippen molar-refractivity contribution in [3.8, 4) is 0 Å². The van der Waals surface area contributed by atoms with Gasteiger partial charge in [-0.3, -0.25) is 4.99 Å². The second-order valence-corrected chi connectivity index (χ2v) is 6.08. The largest absolute Gasteiger partial charge is 0.382 e. The maximum atomic E-state index is 13.5. The average Bonchev–Trinajstić information content (AvgIpc) is 2.57. The number of likely N-dealkylation sites (N-methyl/N-ethyl adjacent to an activating group) is 1. The first-order valence-electron chi connectivity index (χ1n) is 9.10. The van der Waals surface area contributed by atoms with Gasteiger partial charge in [-0.1, -0.05) is 12.1 Å². The molecule has 0 aliphatic heterocycles. The van der Waals surface area contributed by atoms with E-state index in [2.05, 4.69) is 20.5 Å². The molecule has 1 atom stereocenters. The van der Waals surface area contributed by atoms with Gasteiger partial charge in [0.25, 0.3) is 0 Å². The lowest BCUT2D eigenvalue weighted by Gasteiger charge is -2.23. The maximum Gasteiger partial charge on any atom is 0.191 e. The number of rotatable bonds is 11. The fourth-order valence-electron chi connectivity index (χ4n) is 2.48. The predicted octanol–water partition coefficient (Wildman–Crippen LogP) is 2.80. The molecule has 0 saturated heterocycles. The molecule has 0 saturated carbocycles. The first-order chi connectivity index (χ1) is 12.1. The van der Waals surface area contributed by atoms with Gasteiger partial charge < -0.3 is 20.3 Å². The Labute approximate surface area is 151 Å². The first-order valence-corrected chi connectivity index (χ1v) is 9.10. The van der Waals surface area contributed by atoms with Crippen LogP contribution in [-0.2, 0) is 4.74 Å². The highest BCUT2D eigenvalue weighted by molar-refractivity contribution is 5.79. The highest BCUT2D eigenvalue weighted by Gasteiger charge is 2.14. The van der Waals surface area contributed by atoms with Gasteiger partial charge in [0, 0.05) is 26.3 Å². The monoisotopic (exact) mass is 352 g/mol. The van der Waals surface area contributed by atoms with Crippen molar-refractivity contribution in [3.05, 3.63) is 35.6 Å². The minimum atomic E-state index is -0.215. The smallest absolute Gasteiger partial charge is 0.191 e. The van der Waals surface area contributed by atoms with E-state index in [9.17, 15) is 4.39 Å². The van der Waals surface area contributed by atoms with E-state index in [0.717, 1.165) is 50.7 Å². The second-order valence-electron chi connectivity index (χ2n) is 6.08. The third-order valence-electron chi connectivity index (χ3n) is 3.84. The third-order valence-corrected chi connectivity index (χ3v) is 3.84. The molecule has 0 fully saturated rings. The number of benzene rings is 1. The van der Waals surface area contributed by atoms with Gasteiger partial charge in [0.2, 0.25) is 0 Å². The molecule has 0 aliphatic carbocycles. The topological polar surface area (TPSA) is 48.9 Å². The van der Waals surface area contributed by atoms with Gasteiger partial charge in [-0.25, -0.2) is 4.39 Å². The van der Waals surface area contributed by atoms with Crippen LogP contribution in [-0.4, -0.2) is 57.8 Å². The molecule has 0 bridgehead atoms. The normalized spacial score (nSPS) is 13.1. The van der Waals surface area contributed by atoms with E-state index in [1.807, 2.05) is 34.0 Å². The molecule has 1 aromatic rings. The fraction of sp³-hybridized carbons (Fsp3) is 0.632. The SMILES string of the molecule is CCNC(=NCC(c1cccc(F)c1)N(C)C)NCCCCOCC. The van der Waals surface area contributed by atoms with Gasteiger partial charge in [0.1, 0.15) is 5.82 Å². The number of ether oxygens (including phenoxy) is 1. The average molecular weight is 352 g/mol. The van der Waals surface area contributed by atoms with Crippen molar-refractivity contribution >= 4 is 5.96 Å². The Balaban J connectivity index is 2.60. The van der Waals surface area contributed by atoms with Crippen molar-refractivity contribution in [3.63, 3.8) is 0 Å². The molecule has 2 N–H and O–H groups in total. The maximum absolute atomic E-state index is 13.5. The van der Waals surface area contributed by atoms with E-state index in [4.69, 9.17) is 4.74 Å². The predicted molar refractivity (Wildman–Crippen MR) is 103 cm³/mol. The molecule has 0 radical (unpaired) electrons. The van der Waals surface area contributed by atoms with Gasteiger partial charge in [-0.05, 0) is 58.5 Å². The number of guanidine groups is 1.